The predicted octanol–water partition coefficient (Wildman–Crippen LogP) is 0.995. The van der Waals surface area contributed by atoms with E-state index >= 15 is 0 Å². The lowest BCUT2D eigenvalue weighted by Crippen LogP contribution is -2.40. The van der Waals surface area contributed by atoms with Crippen LogP contribution in [0.5, 0.6) is 5.75 Å². The Morgan fingerprint density at radius 1 is 1.32 bits per heavy atom. The number of anilines is 1. The maximum Gasteiger partial charge on any atom is 0.253 e. The van der Waals surface area contributed by atoms with Gasteiger partial charge in [-0.3, -0.25) is 9.59 Å². The lowest BCUT2D eigenvalue weighted by atomic mass is 10.1. The maximum atomic E-state index is 12.5. The Kier molecular flexibility index (Phi) is 3.92. The van der Waals surface area contributed by atoms with Gasteiger partial charge in [-0.25, -0.2) is 0 Å². The Labute approximate surface area is 129 Å². The highest BCUT2D eigenvalue weighted by Gasteiger charge is 2.27. The summed E-state index contributed by atoms with van der Waals surface area (Å²) in [6.45, 7) is 2.25. The van der Waals surface area contributed by atoms with Gasteiger partial charge in [-0.05, 0) is 31.0 Å². The molecule has 1 aromatic carbocycles. The third-order valence-electron chi connectivity index (χ3n) is 4.21. The molecule has 0 saturated carbocycles. The molecule has 6 nitrogen and oxygen atoms in total. The van der Waals surface area contributed by atoms with E-state index in [1.807, 2.05) is 29.0 Å². The van der Waals surface area contributed by atoms with Crippen LogP contribution in [-0.2, 0) is 4.79 Å². The molecule has 0 aliphatic carbocycles. The fourth-order valence-corrected chi connectivity index (χ4v) is 3.10. The fraction of sp³-hybridized carbons (Fsp3) is 0.500. The number of fused-ring (bicyclic) bond motifs is 1. The number of benzene rings is 1. The van der Waals surface area contributed by atoms with E-state index in [-0.39, 0.29) is 24.3 Å². The molecule has 118 valence electrons. The van der Waals surface area contributed by atoms with Crippen LogP contribution in [0.25, 0.3) is 0 Å². The number of amides is 2. The van der Waals surface area contributed by atoms with Crippen LogP contribution in [0, 0.1) is 0 Å². The van der Waals surface area contributed by atoms with E-state index in [9.17, 15) is 9.59 Å². The Morgan fingerprint density at radius 3 is 2.73 bits per heavy atom. The van der Waals surface area contributed by atoms with Crippen molar-refractivity contribution in [3.05, 3.63) is 23.8 Å². The number of rotatable bonds is 3. The molecule has 1 fully saturated rings. The summed E-state index contributed by atoms with van der Waals surface area (Å²) in [5, 5.41) is 0. The van der Waals surface area contributed by atoms with Crippen molar-refractivity contribution in [2.75, 3.05) is 31.6 Å². The first-order valence-corrected chi connectivity index (χ1v) is 7.64. The van der Waals surface area contributed by atoms with Crippen LogP contribution in [0.3, 0.4) is 0 Å². The van der Waals surface area contributed by atoms with Gasteiger partial charge in [0.05, 0.1) is 18.7 Å². The molecule has 2 aliphatic rings. The summed E-state index contributed by atoms with van der Waals surface area (Å²) >= 11 is 0. The molecule has 0 spiro atoms. The van der Waals surface area contributed by atoms with E-state index < -0.39 is 0 Å². The molecule has 2 amide bonds. The number of primary amides is 1. The predicted molar refractivity (Wildman–Crippen MR) is 83.1 cm³/mol. The number of hydrogen-bond donors (Lipinski definition) is 1. The summed E-state index contributed by atoms with van der Waals surface area (Å²) < 4.78 is 5.81. The minimum absolute atomic E-state index is 0.0768. The lowest BCUT2D eigenvalue weighted by molar-refractivity contribution is -0.119. The van der Waals surface area contributed by atoms with Crippen molar-refractivity contribution in [1.29, 1.82) is 0 Å². The van der Waals surface area contributed by atoms with Crippen LogP contribution in [-0.4, -0.2) is 49.5 Å². The van der Waals surface area contributed by atoms with Gasteiger partial charge in [-0.2, -0.15) is 0 Å². The van der Waals surface area contributed by atoms with E-state index in [1.54, 1.807) is 6.07 Å². The molecular formula is C16H21N3O3. The second-order valence-electron chi connectivity index (χ2n) is 5.97. The van der Waals surface area contributed by atoms with E-state index in [0.717, 1.165) is 31.6 Å². The number of hydrogen-bond acceptors (Lipinski definition) is 4. The van der Waals surface area contributed by atoms with Crippen molar-refractivity contribution in [3.63, 3.8) is 0 Å². The maximum absolute atomic E-state index is 12.5. The largest absolute Gasteiger partial charge is 0.486 e. The molecule has 22 heavy (non-hydrogen) atoms. The third kappa shape index (κ3) is 2.86. The third-order valence-corrected chi connectivity index (χ3v) is 4.21. The standard InChI is InChI=1S/C16H21N3O3/c1-18-10-12(9-15(17)20)22-14-5-4-11(8-13(14)18)16(21)19-6-2-3-7-19/h4-5,8,12H,2-3,6-7,9-10H2,1H3,(H2,17,20)/t12-/m1/s1. The van der Waals surface area contributed by atoms with Crippen molar-refractivity contribution in [1.82, 2.24) is 4.90 Å². The summed E-state index contributed by atoms with van der Waals surface area (Å²) in [6, 6.07) is 5.47. The molecule has 0 bridgehead atoms. The Bertz CT molecular complexity index is 596. The Morgan fingerprint density at radius 2 is 2.05 bits per heavy atom. The Hall–Kier alpha value is -2.24. The van der Waals surface area contributed by atoms with E-state index in [1.165, 1.54) is 0 Å². The molecule has 0 unspecified atom stereocenters. The second kappa shape index (κ2) is 5.87. The molecule has 2 N–H and O–H groups in total. The minimum Gasteiger partial charge on any atom is -0.486 e. The smallest absolute Gasteiger partial charge is 0.253 e. The number of likely N-dealkylation sites (tertiary alicyclic amines) is 1. The van der Waals surface area contributed by atoms with Gasteiger partial charge in [-0.15, -0.1) is 0 Å². The van der Waals surface area contributed by atoms with Crippen molar-refractivity contribution in [3.8, 4) is 5.75 Å². The SMILES string of the molecule is CN1C[C@@H](CC(N)=O)Oc2ccc(C(=O)N3CCCC3)cc21. The average molecular weight is 303 g/mol. The zero-order valence-electron chi connectivity index (χ0n) is 12.7. The van der Waals surface area contributed by atoms with Gasteiger partial charge >= 0.3 is 0 Å². The summed E-state index contributed by atoms with van der Waals surface area (Å²) in [5.74, 6) is 0.397. The molecule has 2 aliphatic heterocycles. The molecule has 3 rings (SSSR count). The molecule has 1 saturated heterocycles. The number of carbonyl (C=O) groups is 2. The van der Waals surface area contributed by atoms with Crippen molar-refractivity contribution in [2.24, 2.45) is 5.73 Å². The van der Waals surface area contributed by atoms with Gasteiger partial charge in [0.15, 0.2) is 0 Å². The van der Waals surface area contributed by atoms with Gasteiger partial charge in [0.1, 0.15) is 11.9 Å². The summed E-state index contributed by atoms with van der Waals surface area (Å²) in [7, 11) is 1.93. The van der Waals surface area contributed by atoms with Gasteiger partial charge < -0.3 is 20.3 Å². The summed E-state index contributed by atoms with van der Waals surface area (Å²) in [6.07, 6.45) is 2.11. The summed E-state index contributed by atoms with van der Waals surface area (Å²) in [4.78, 5) is 27.4. The molecule has 1 aromatic rings. The lowest BCUT2D eigenvalue weighted by Gasteiger charge is -2.33. The van der Waals surface area contributed by atoms with Gasteiger partial charge in [0.25, 0.3) is 5.91 Å². The number of likely N-dealkylation sites (N-methyl/N-ethyl adjacent to an activating group) is 1. The van der Waals surface area contributed by atoms with Gasteiger partial charge in [-0.1, -0.05) is 0 Å². The number of carbonyl (C=O) groups excluding carboxylic acids is 2. The van der Waals surface area contributed by atoms with E-state index in [0.29, 0.717) is 17.9 Å². The zero-order valence-corrected chi connectivity index (χ0v) is 12.7. The number of nitrogens with zero attached hydrogens (tertiary/aromatic N) is 2. The van der Waals surface area contributed by atoms with Crippen molar-refractivity contribution in [2.45, 2.75) is 25.4 Å². The van der Waals surface area contributed by atoms with Gasteiger partial charge in [0.2, 0.25) is 5.91 Å². The fourth-order valence-electron chi connectivity index (χ4n) is 3.10. The second-order valence-corrected chi connectivity index (χ2v) is 5.97. The molecule has 1 atom stereocenters. The first-order valence-electron chi connectivity index (χ1n) is 7.64. The monoisotopic (exact) mass is 303 g/mol. The minimum atomic E-state index is -0.373. The first kappa shape index (κ1) is 14.7. The highest BCUT2D eigenvalue weighted by Crippen LogP contribution is 2.34. The highest BCUT2D eigenvalue weighted by molar-refractivity contribution is 5.96. The van der Waals surface area contributed by atoms with Crippen LogP contribution in [0.15, 0.2) is 18.2 Å². The molecule has 0 aromatic heterocycles. The number of ether oxygens (including phenoxy) is 1. The average Bonchev–Trinajstić information content (AvgIpc) is 2.99. The highest BCUT2D eigenvalue weighted by atomic mass is 16.5. The van der Waals surface area contributed by atoms with Crippen LogP contribution in [0.2, 0.25) is 0 Å². The molecular weight excluding hydrogens is 282 g/mol. The van der Waals surface area contributed by atoms with Gasteiger partial charge in [0, 0.05) is 25.7 Å². The van der Waals surface area contributed by atoms with Crippen molar-refractivity contribution < 1.29 is 14.3 Å². The van der Waals surface area contributed by atoms with E-state index in [4.69, 9.17) is 10.5 Å². The quantitative estimate of drug-likeness (QED) is 0.903. The zero-order chi connectivity index (χ0) is 15.7. The van der Waals surface area contributed by atoms with E-state index in [2.05, 4.69) is 0 Å². The van der Waals surface area contributed by atoms with Crippen LogP contribution in [0.4, 0.5) is 5.69 Å². The first-order chi connectivity index (χ1) is 10.5. The number of nitrogens with two attached hydrogens (primary N) is 1. The van der Waals surface area contributed by atoms with Crippen LogP contribution in [0.1, 0.15) is 29.6 Å². The normalized spacial score (nSPS) is 20.5. The summed E-state index contributed by atoms with van der Waals surface area (Å²) in [5.41, 5.74) is 6.80. The topological polar surface area (TPSA) is 75.9 Å². The molecule has 2 heterocycles. The molecule has 0 radical (unpaired) electrons. The van der Waals surface area contributed by atoms with Crippen LogP contribution < -0.4 is 15.4 Å². The van der Waals surface area contributed by atoms with Crippen molar-refractivity contribution >= 4 is 17.5 Å². The Balaban J connectivity index is 1.80. The molecule has 6 heteroatoms. The van der Waals surface area contributed by atoms with Crippen LogP contribution >= 0.6 is 0 Å².